The van der Waals surface area contributed by atoms with E-state index in [2.05, 4.69) is 51.1 Å². The summed E-state index contributed by atoms with van der Waals surface area (Å²) in [5.41, 5.74) is 0. The Bertz CT molecular complexity index is 526. The van der Waals surface area contributed by atoms with Crippen LogP contribution in [-0.2, 0) is 13.0 Å². The van der Waals surface area contributed by atoms with Crippen LogP contribution < -0.4 is 10.6 Å². The molecule has 1 aliphatic rings. The van der Waals surface area contributed by atoms with Crippen LogP contribution >= 0.6 is 0 Å². The second-order valence-electron chi connectivity index (χ2n) is 6.98. The summed E-state index contributed by atoms with van der Waals surface area (Å²) in [6.45, 7) is 12.4. The quantitative estimate of drug-likeness (QED) is 0.492. The maximum absolute atomic E-state index is 4.87. The molecule has 0 saturated carbocycles. The number of piperidine rings is 1. The molecule has 1 aromatic rings. The molecule has 0 bridgehead atoms. The van der Waals surface area contributed by atoms with E-state index in [1.54, 1.807) is 6.33 Å². The number of rotatable bonds is 10. The highest BCUT2D eigenvalue weighted by molar-refractivity contribution is 5.79. The van der Waals surface area contributed by atoms with Crippen molar-refractivity contribution in [1.82, 2.24) is 30.3 Å². The lowest BCUT2D eigenvalue weighted by Crippen LogP contribution is -2.44. The molecule has 2 rings (SSSR count). The van der Waals surface area contributed by atoms with E-state index < -0.39 is 0 Å². The van der Waals surface area contributed by atoms with Gasteiger partial charge in [-0.1, -0.05) is 26.7 Å². The molecule has 7 nitrogen and oxygen atoms in total. The van der Waals surface area contributed by atoms with Crippen molar-refractivity contribution in [3.63, 3.8) is 0 Å². The first-order chi connectivity index (χ1) is 12.8. The van der Waals surface area contributed by atoms with Gasteiger partial charge in [0.2, 0.25) is 0 Å². The first kappa shape index (κ1) is 20.7. The summed E-state index contributed by atoms with van der Waals surface area (Å²) in [5.74, 6) is 1.95. The van der Waals surface area contributed by atoms with Crippen LogP contribution in [0.25, 0.3) is 0 Å². The van der Waals surface area contributed by atoms with Gasteiger partial charge in [0.05, 0.1) is 6.54 Å². The molecule has 1 unspecified atom stereocenters. The van der Waals surface area contributed by atoms with E-state index in [0.29, 0.717) is 6.04 Å². The summed E-state index contributed by atoms with van der Waals surface area (Å²) in [5, 5.41) is 14.9. The largest absolute Gasteiger partial charge is 0.357 e. The van der Waals surface area contributed by atoms with Gasteiger partial charge in [-0.25, -0.2) is 0 Å². The Balaban J connectivity index is 1.84. The molecule has 0 spiro atoms. The van der Waals surface area contributed by atoms with E-state index in [9.17, 15) is 0 Å². The molecule has 26 heavy (non-hydrogen) atoms. The van der Waals surface area contributed by atoms with Crippen LogP contribution in [0.4, 0.5) is 0 Å². The van der Waals surface area contributed by atoms with Crippen molar-refractivity contribution in [3.8, 4) is 0 Å². The van der Waals surface area contributed by atoms with Gasteiger partial charge in [-0.05, 0) is 39.3 Å². The molecule has 0 amide bonds. The van der Waals surface area contributed by atoms with Crippen molar-refractivity contribution in [3.05, 3.63) is 12.2 Å². The lowest BCUT2D eigenvalue weighted by Gasteiger charge is -2.35. The van der Waals surface area contributed by atoms with E-state index in [-0.39, 0.29) is 0 Å². The zero-order valence-corrected chi connectivity index (χ0v) is 16.9. The molecular formula is C19H37N7. The first-order valence-corrected chi connectivity index (χ1v) is 10.4. The molecule has 7 heteroatoms. The second-order valence-corrected chi connectivity index (χ2v) is 6.98. The molecule has 2 heterocycles. The highest BCUT2D eigenvalue weighted by Gasteiger charge is 2.21. The number of hydrogen-bond acceptors (Lipinski definition) is 4. The summed E-state index contributed by atoms with van der Waals surface area (Å²) < 4.78 is 2.10. The van der Waals surface area contributed by atoms with Crippen LogP contribution in [0, 0.1) is 0 Å². The number of aliphatic imine (C=N–C) groups is 1. The summed E-state index contributed by atoms with van der Waals surface area (Å²) in [6, 6.07) is 0.593. The third-order valence-corrected chi connectivity index (χ3v) is 5.01. The normalized spacial score (nSPS) is 18.9. The molecule has 1 atom stereocenters. The fraction of sp³-hybridized carbons (Fsp3) is 0.842. The third-order valence-electron chi connectivity index (χ3n) is 5.01. The molecular weight excluding hydrogens is 326 g/mol. The van der Waals surface area contributed by atoms with Crippen LogP contribution in [0.5, 0.6) is 0 Å². The Morgan fingerprint density at radius 2 is 2.12 bits per heavy atom. The molecule has 1 saturated heterocycles. The predicted octanol–water partition coefficient (Wildman–Crippen LogP) is 2.05. The minimum absolute atomic E-state index is 0.593. The zero-order chi connectivity index (χ0) is 18.6. The van der Waals surface area contributed by atoms with Crippen molar-refractivity contribution in [2.75, 3.05) is 32.7 Å². The van der Waals surface area contributed by atoms with E-state index in [1.165, 1.54) is 45.2 Å². The highest BCUT2D eigenvalue weighted by Crippen LogP contribution is 2.17. The van der Waals surface area contributed by atoms with Gasteiger partial charge < -0.3 is 15.2 Å². The zero-order valence-electron chi connectivity index (χ0n) is 16.9. The number of guanidine groups is 1. The standard InChI is InChI=1S/C19H37N7/c1-4-7-12-25-13-9-8-10-17(25)15-22-19(20-6-3)21-11-14-26-16-23-24-18(26)5-2/h16-17H,4-15H2,1-3H3,(H2,20,21,22). The molecule has 1 aliphatic heterocycles. The average molecular weight is 364 g/mol. The molecule has 1 aromatic heterocycles. The predicted molar refractivity (Wildman–Crippen MR) is 108 cm³/mol. The number of hydrogen-bond donors (Lipinski definition) is 2. The number of unbranched alkanes of at least 4 members (excludes halogenated alkanes) is 1. The van der Waals surface area contributed by atoms with Gasteiger partial charge in [-0.3, -0.25) is 9.89 Å². The molecule has 0 aliphatic carbocycles. The number of nitrogens with one attached hydrogen (secondary N) is 2. The van der Waals surface area contributed by atoms with Gasteiger partial charge in [-0.15, -0.1) is 10.2 Å². The Kier molecular flexibility index (Phi) is 9.45. The minimum Gasteiger partial charge on any atom is -0.357 e. The highest BCUT2D eigenvalue weighted by atomic mass is 15.3. The molecule has 1 fully saturated rings. The summed E-state index contributed by atoms with van der Waals surface area (Å²) >= 11 is 0. The van der Waals surface area contributed by atoms with E-state index in [4.69, 9.17) is 4.99 Å². The maximum atomic E-state index is 4.87. The van der Waals surface area contributed by atoms with Crippen LogP contribution in [-0.4, -0.2) is 64.4 Å². The van der Waals surface area contributed by atoms with Gasteiger partial charge in [-0.2, -0.15) is 0 Å². The smallest absolute Gasteiger partial charge is 0.191 e. The number of nitrogens with zero attached hydrogens (tertiary/aromatic N) is 5. The summed E-state index contributed by atoms with van der Waals surface area (Å²) in [6.07, 6.45) is 9.20. The molecule has 2 N–H and O–H groups in total. The molecule has 148 valence electrons. The fourth-order valence-electron chi connectivity index (χ4n) is 3.49. The van der Waals surface area contributed by atoms with Crippen molar-refractivity contribution in [2.45, 2.75) is 71.9 Å². The average Bonchev–Trinajstić information content (AvgIpc) is 3.12. The maximum Gasteiger partial charge on any atom is 0.191 e. The third kappa shape index (κ3) is 6.59. The second kappa shape index (κ2) is 11.9. The van der Waals surface area contributed by atoms with E-state index in [0.717, 1.165) is 44.4 Å². The topological polar surface area (TPSA) is 70.4 Å². The van der Waals surface area contributed by atoms with Crippen LogP contribution in [0.1, 0.15) is 58.7 Å². The monoisotopic (exact) mass is 363 g/mol. The van der Waals surface area contributed by atoms with Gasteiger partial charge in [0.25, 0.3) is 0 Å². The summed E-state index contributed by atoms with van der Waals surface area (Å²) in [4.78, 5) is 7.51. The van der Waals surface area contributed by atoms with Crippen molar-refractivity contribution in [1.29, 1.82) is 0 Å². The first-order valence-electron chi connectivity index (χ1n) is 10.4. The Hall–Kier alpha value is -1.63. The van der Waals surface area contributed by atoms with Crippen molar-refractivity contribution < 1.29 is 0 Å². The Labute approximate surface area is 158 Å². The fourth-order valence-corrected chi connectivity index (χ4v) is 3.49. The van der Waals surface area contributed by atoms with Crippen LogP contribution in [0.2, 0.25) is 0 Å². The lowest BCUT2D eigenvalue weighted by molar-refractivity contribution is 0.151. The Morgan fingerprint density at radius 3 is 2.88 bits per heavy atom. The van der Waals surface area contributed by atoms with Gasteiger partial charge in [0.1, 0.15) is 12.2 Å². The minimum atomic E-state index is 0.593. The van der Waals surface area contributed by atoms with Crippen molar-refractivity contribution in [2.24, 2.45) is 4.99 Å². The lowest BCUT2D eigenvalue weighted by atomic mass is 10.0. The van der Waals surface area contributed by atoms with Gasteiger partial charge in [0, 0.05) is 32.1 Å². The van der Waals surface area contributed by atoms with Crippen LogP contribution in [0.15, 0.2) is 11.3 Å². The molecule has 0 aromatic carbocycles. The van der Waals surface area contributed by atoms with Gasteiger partial charge >= 0.3 is 0 Å². The van der Waals surface area contributed by atoms with Crippen molar-refractivity contribution >= 4 is 5.96 Å². The number of aryl methyl sites for hydroxylation is 1. The number of aromatic nitrogens is 3. The van der Waals surface area contributed by atoms with E-state index >= 15 is 0 Å². The summed E-state index contributed by atoms with van der Waals surface area (Å²) in [7, 11) is 0. The SMILES string of the molecule is CCCCN1CCCCC1CN=C(NCC)NCCn1cnnc1CC. The van der Waals surface area contributed by atoms with Crippen LogP contribution in [0.3, 0.4) is 0 Å². The number of likely N-dealkylation sites (tertiary alicyclic amines) is 1. The molecule has 0 radical (unpaired) electrons. The van der Waals surface area contributed by atoms with Gasteiger partial charge in [0.15, 0.2) is 5.96 Å². The van der Waals surface area contributed by atoms with E-state index in [1.807, 2.05) is 0 Å². The Morgan fingerprint density at radius 1 is 1.23 bits per heavy atom.